The van der Waals surface area contributed by atoms with Gasteiger partial charge in [0.1, 0.15) is 11.9 Å². The molecule has 0 spiro atoms. The highest BCUT2D eigenvalue weighted by Gasteiger charge is 2.32. The molecular formula is C18H15F2N3O5. The van der Waals surface area contributed by atoms with E-state index >= 15 is 0 Å². The zero-order chi connectivity index (χ0) is 20.0. The van der Waals surface area contributed by atoms with Crippen LogP contribution in [0.5, 0.6) is 5.75 Å². The number of imide groups is 1. The number of nitrogen functional groups attached to an aromatic ring is 1. The fourth-order valence-electron chi connectivity index (χ4n) is 3.29. The average molecular weight is 391 g/mol. The number of fused-ring (bicyclic) bond motifs is 1. The molecule has 28 heavy (non-hydrogen) atoms. The van der Waals surface area contributed by atoms with Gasteiger partial charge in [0.05, 0.1) is 30.0 Å². The maximum absolute atomic E-state index is 14.5. The lowest BCUT2D eigenvalue weighted by molar-refractivity contribution is 0.0223. The topological polar surface area (TPSA) is 113 Å². The predicted octanol–water partition coefficient (Wildman–Crippen LogP) is 1.14. The lowest BCUT2D eigenvalue weighted by Gasteiger charge is -2.24. The molecular weight excluding hydrogens is 376 g/mol. The molecule has 10 heteroatoms. The van der Waals surface area contributed by atoms with Crippen molar-refractivity contribution in [2.45, 2.75) is 18.9 Å². The van der Waals surface area contributed by atoms with Crippen molar-refractivity contribution in [3.05, 3.63) is 51.3 Å². The Labute approximate surface area is 156 Å². The van der Waals surface area contributed by atoms with Crippen molar-refractivity contribution in [1.29, 1.82) is 0 Å². The summed E-state index contributed by atoms with van der Waals surface area (Å²) in [5.74, 6) is -4.53. The molecule has 0 radical (unpaired) electrons. The first-order valence-corrected chi connectivity index (χ1v) is 8.52. The van der Waals surface area contributed by atoms with Crippen LogP contribution in [-0.2, 0) is 4.74 Å². The van der Waals surface area contributed by atoms with Crippen molar-refractivity contribution in [2.24, 2.45) is 0 Å². The average Bonchev–Trinajstić information content (AvgIpc) is 2.93. The van der Waals surface area contributed by atoms with Gasteiger partial charge in [-0.25, -0.2) is 8.78 Å². The monoisotopic (exact) mass is 391 g/mol. The Morgan fingerprint density at radius 1 is 1.07 bits per heavy atom. The Morgan fingerprint density at radius 2 is 1.71 bits per heavy atom. The summed E-state index contributed by atoms with van der Waals surface area (Å²) in [5, 5.41) is 2.02. The van der Waals surface area contributed by atoms with Gasteiger partial charge < -0.3 is 15.2 Å². The smallest absolute Gasteiger partial charge is 0.262 e. The van der Waals surface area contributed by atoms with E-state index < -0.39 is 34.8 Å². The maximum Gasteiger partial charge on any atom is 0.262 e. The molecule has 4 rings (SSSR count). The number of pyridine rings is 1. The highest BCUT2D eigenvalue weighted by Crippen LogP contribution is 2.29. The van der Waals surface area contributed by atoms with Gasteiger partial charge in [-0.05, 0) is 0 Å². The zero-order valence-corrected chi connectivity index (χ0v) is 14.5. The molecule has 3 N–H and O–H groups in total. The SMILES string of the molecule is Nc1c2c(cc(=O)n1-c1cc(F)c(OC3CCOCC3)c(F)c1)C(=O)NC2=O. The van der Waals surface area contributed by atoms with Crippen LogP contribution in [0, 0.1) is 11.6 Å². The van der Waals surface area contributed by atoms with Crippen LogP contribution in [0.25, 0.3) is 5.69 Å². The number of nitrogens with one attached hydrogen (secondary N) is 1. The molecule has 2 amide bonds. The van der Waals surface area contributed by atoms with Gasteiger partial charge in [-0.3, -0.25) is 24.3 Å². The number of nitrogens with two attached hydrogens (primary N) is 1. The van der Waals surface area contributed by atoms with E-state index in [0.717, 1.165) is 22.8 Å². The van der Waals surface area contributed by atoms with Gasteiger partial charge >= 0.3 is 0 Å². The van der Waals surface area contributed by atoms with Crippen LogP contribution in [0.1, 0.15) is 33.6 Å². The van der Waals surface area contributed by atoms with E-state index in [0.29, 0.717) is 26.1 Å². The number of hydrogen-bond donors (Lipinski definition) is 2. The fourth-order valence-corrected chi connectivity index (χ4v) is 3.29. The number of ether oxygens (including phenoxy) is 2. The third-order valence-corrected chi connectivity index (χ3v) is 4.65. The molecule has 146 valence electrons. The highest BCUT2D eigenvalue weighted by molar-refractivity contribution is 6.23. The van der Waals surface area contributed by atoms with Crippen LogP contribution in [0.4, 0.5) is 14.6 Å². The van der Waals surface area contributed by atoms with Gasteiger partial charge in [0, 0.05) is 31.0 Å². The quantitative estimate of drug-likeness (QED) is 0.759. The maximum atomic E-state index is 14.5. The number of halogens is 2. The molecule has 0 atom stereocenters. The molecule has 0 saturated carbocycles. The van der Waals surface area contributed by atoms with Crippen LogP contribution in [0.3, 0.4) is 0 Å². The molecule has 0 bridgehead atoms. The van der Waals surface area contributed by atoms with Crippen LogP contribution < -0.4 is 21.3 Å². The largest absolute Gasteiger partial charge is 0.484 e. The number of amides is 2. The number of rotatable bonds is 3. The fraction of sp³-hybridized carbons (Fsp3) is 0.278. The second-order valence-electron chi connectivity index (χ2n) is 6.44. The molecule has 1 aromatic carbocycles. The van der Waals surface area contributed by atoms with E-state index in [1.807, 2.05) is 5.32 Å². The van der Waals surface area contributed by atoms with Gasteiger partial charge in [-0.1, -0.05) is 0 Å². The van der Waals surface area contributed by atoms with Gasteiger partial charge in [-0.15, -0.1) is 0 Å². The zero-order valence-electron chi connectivity index (χ0n) is 14.5. The Morgan fingerprint density at radius 3 is 2.36 bits per heavy atom. The number of aromatic nitrogens is 1. The van der Waals surface area contributed by atoms with Crippen molar-refractivity contribution >= 4 is 17.6 Å². The summed E-state index contributed by atoms with van der Waals surface area (Å²) < 4.78 is 40.4. The van der Waals surface area contributed by atoms with E-state index in [4.69, 9.17) is 15.2 Å². The summed E-state index contributed by atoms with van der Waals surface area (Å²) in [5.41, 5.74) is 4.44. The minimum absolute atomic E-state index is 0.177. The summed E-state index contributed by atoms with van der Waals surface area (Å²) in [6.45, 7) is 0.877. The Bertz CT molecular complexity index is 1040. The van der Waals surface area contributed by atoms with Gasteiger partial charge in [0.2, 0.25) is 0 Å². The van der Waals surface area contributed by atoms with Crippen LogP contribution in [0.2, 0.25) is 0 Å². The van der Waals surface area contributed by atoms with Crippen LogP contribution in [0.15, 0.2) is 23.0 Å². The molecule has 2 aliphatic heterocycles. The van der Waals surface area contributed by atoms with Gasteiger partial charge in [0.25, 0.3) is 17.4 Å². The first-order chi connectivity index (χ1) is 13.4. The summed E-state index contributed by atoms with van der Waals surface area (Å²) in [4.78, 5) is 36.0. The van der Waals surface area contributed by atoms with E-state index in [9.17, 15) is 23.2 Å². The molecule has 3 heterocycles. The number of carbonyl (C=O) groups excluding carboxylic acids is 2. The summed E-state index contributed by atoms with van der Waals surface area (Å²) in [7, 11) is 0. The van der Waals surface area contributed by atoms with Crippen molar-refractivity contribution in [3.63, 3.8) is 0 Å². The number of carbonyl (C=O) groups is 2. The molecule has 2 aromatic rings. The Kier molecular flexibility index (Phi) is 4.34. The highest BCUT2D eigenvalue weighted by atomic mass is 19.1. The van der Waals surface area contributed by atoms with E-state index in [-0.39, 0.29) is 28.7 Å². The molecule has 1 aromatic heterocycles. The normalized spacial score (nSPS) is 16.8. The summed E-state index contributed by atoms with van der Waals surface area (Å²) in [6, 6.07) is 2.67. The van der Waals surface area contributed by atoms with E-state index in [1.165, 1.54) is 0 Å². The third kappa shape index (κ3) is 2.91. The molecule has 0 aliphatic carbocycles. The molecule has 0 unspecified atom stereocenters. The molecule has 1 fully saturated rings. The summed E-state index contributed by atoms with van der Waals surface area (Å²) in [6.07, 6.45) is 0.619. The van der Waals surface area contributed by atoms with E-state index in [1.54, 1.807) is 0 Å². The minimum Gasteiger partial charge on any atom is -0.484 e. The third-order valence-electron chi connectivity index (χ3n) is 4.65. The van der Waals surface area contributed by atoms with Crippen LogP contribution >= 0.6 is 0 Å². The second kappa shape index (κ2) is 6.71. The standard InChI is InChI=1S/C18H15F2N3O5/c19-11-5-8(6-12(20)15(11)28-9-1-3-27-4-2-9)23-13(24)7-10-14(16(23)21)18(26)22-17(10)25/h5-7,9H,1-4,21H2,(H,22,25,26). The number of hydrogen-bond acceptors (Lipinski definition) is 6. The second-order valence-corrected chi connectivity index (χ2v) is 6.44. The van der Waals surface area contributed by atoms with Gasteiger partial charge in [0.15, 0.2) is 17.4 Å². The predicted molar refractivity (Wildman–Crippen MR) is 92.6 cm³/mol. The number of nitrogens with zero attached hydrogens (tertiary/aromatic N) is 1. The Balaban J connectivity index is 1.77. The lowest BCUT2D eigenvalue weighted by Crippen LogP contribution is -2.27. The van der Waals surface area contributed by atoms with Crippen LogP contribution in [-0.4, -0.2) is 35.7 Å². The van der Waals surface area contributed by atoms with E-state index in [2.05, 4.69) is 0 Å². The molecule has 8 nitrogen and oxygen atoms in total. The van der Waals surface area contributed by atoms with Crippen molar-refractivity contribution in [2.75, 3.05) is 18.9 Å². The van der Waals surface area contributed by atoms with Crippen molar-refractivity contribution in [1.82, 2.24) is 9.88 Å². The summed E-state index contributed by atoms with van der Waals surface area (Å²) >= 11 is 0. The Hall–Kier alpha value is -3.27. The first-order valence-electron chi connectivity index (χ1n) is 8.52. The van der Waals surface area contributed by atoms with Crippen molar-refractivity contribution in [3.8, 4) is 11.4 Å². The van der Waals surface area contributed by atoms with Crippen molar-refractivity contribution < 1.29 is 27.8 Å². The number of anilines is 1. The molecule has 1 saturated heterocycles. The van der Waals surface area contributed by atoms with Gasteiger partial charge in [-0.2, -0.15) is 0 Å². The molecule has 2 aliphatic rings. The number of benzene rings is 1. The lowest BCUT2D eigenvalue weighted by atomic mass is 10.1. The minimum atomic E-state index is -1.02. The first kappa shape index (κ1) is 18.1.